The van der Waals surface area contributed by atoms with E-state index in [-0.39, 0.29) is 31.4 Å². The second-order valence-corrected chi connectivity index (χ2v) is 5.27. The van der Waals surface area contributed by atoms with Crippen LogP contribution in [0.5, 0.6) is 0 Å². The third-order valence-corrected chi connectivity index (χ3v) is 2.66. The van der Waals surface area contributed by atoms with Crippen molar-refractivity contribution in [2.75, 3.05) is 19.6 Å². The van der Waals surface area contributed by atoms with Crippen molar-refractivity contribution in [2.45, 2.75) is 20.8 Å². The fourth-order valence-corrected chi connectivity index (χ4v) is 1.37. The Kier molecular flexibility index (Phi) is 3.75. The topological polar surface area (TPSA) is 86.7 Å². The molecule has 17 heavy (non-hydrogen) atoms. The molecule has 0 spiro atoms. The highest BCUT2D eigenvalue weighted by atomic mass is 16.4. The Balaban J connectivity index is 2.29. The number of amides is 2. The van der Waals surface area contributed by atoms with E-state index in [1.54, 1.807) is 20.8 Å². The van der Waals surface area contributed by atoms with Gasteiger partial charge < -0.3 is 15.3 Å². The first kappa shape index (κ1) is 13.5. The van der Waals surface area contributed by atoms with Crippen LogP contribution in [0.1, 0.15) is 20.8 Å². The average molecular weight is 242 g/mol. The molecule has 1 rings (SSSR count). The summed E-state index contributed by atoms with van der Waals surface area (Å²) in [5, 5.41) is 11.2. The number of nitrogens with one attached hydrogen (secondary N) is 1. The molecule has 0 aromatic rings. The van der Waals surface area contributed by atoms with Gasteiger partial charge in [0.25, 0.3) is 0 Å². The molecule has 1 aliphatic heterocycles. The van der Waals surface area contributed by atoms with E-state index in [0.29, 0.717) is 0 Å². The molecule has 0 atom stereocenters. The summed E-state index contributed by atoms with van der Waals surface area (Å²) >= 11 is 0. The van der Waals surface area contributed by atoms with Gasteiger partial charge >= 0.3 is 5.97 Å². The van der Waals surface area contributed by atoms with E-state index in [1.807, 2.05) is 0 Å². The molecule has 0 aliphatic carbocycles. The van der Waals surface area contributed by atoms with Crippen molar-refractivity contribution >= 4 is 17.8 Å². The quantitative estimate of drug-likeness (QED) is 0.711. The van der Waals surface area contributed by atoms with Crippen LogP contribution in [0.25, 0.3) is 0 Å². The van der Waals surface area contributed by atoms with Gasteiger partial charge in [-0.3, -0.25) is 14.4 Å². The van der Waals surface area contributed by atoms with Crippen LogP contribution < -0.4 is 5.32 Å². The Morgan fingerprint density at radius 3 is 2.24 bits per heavy atom. The second-order valence-electron chi connectivity index (χ2n) is 5.27. The molecule has 0 unspecified atom stereocenters. The highest BCUT2D eigenvalue weighted by Gasteiger charge is 2.35. The van der Waals surface area contributed by atoms with E-state index in [9.17, 15) is 14.4 Å². The van der Waals surface area contributed by atoms with Gasteiger partial charge in [0.05, 0.1) is 12.5 Å². The highest BCUT2D eigenvalue weighted by Crippen LogP contribution is 2.16. The SMILES string of the molecule is CC(C)(C)C(=O)NCC(=O)N1CC(C(=O)O)C1. The third-order valence-electron chi connectivity index (χ3n) is 2.66. The maximum atomic E-state index is 11.5. The number of carboxylic acid groups (broad SMARTS) is 1. The number of nitrogens with zero attached hydrogens (tertiary/aromatic N) is 1. The van der Waals surface area contributed by atoms with Gasteiger partial charge in [0.1, 0.15) is 0 Å². The Morgan fingerprint density at radius 2 is 1.82 bits per heavy atom. The normalized spacial score (nSPS) is 16.3. The Bertz CT molecular complexity index is 340. The molecule has 1 aliphatic rings. The predicted molar refractivity (Wildman–Crippen MR) is 60.2 cm³/mol. The summed E-state index contributed by atoms with van der Waals surface area (Å²) in [5.74, 6) is -1.77. The summed E-state index contributed by atoms with van der Waals surface area (Å²) in [6.45, 7) is 5.69. The van der Waals surface area contributed by atoms with Gasteiger partial charge in [0, 0.05) is 18.5 Å². The molecule has 6 nitrogen and oxygen atoms in total. The number of carbonyl (C=O) groups excluding carboxylic acids is 2. The maximum absolute atomic E-state index is 11.5. The van der Waals surface area contributed by atoms with Crippen LogP contribution in [0.3, 0.4) is 0 Å². The number of carboxylic acids is 1. The van der Waals surface area contributed by atoms with Crippen molar-refractivity contribution in [1.82, 2.24) is 10.2 Å². The number of likely N-dealkylation sites (tertiary alicyclic amines) is 1. The first-order valence-electron chi connectivity index (χ1n) is 5.50. The standard InChI is InChI=1S/C11H18N2O4/c1-11(2,3)10(17)12-4-8(14)13-5-7(6-13)9(15)16/h7H,4-6H2,1-3H3,(H,12,17)(H,15,16). The number of rotatable bonds is 3. The molecular weight excluding hydrogens is 224 g/mol. The molecule has 0 saturated carbocycles. The van der Waals surface area contributed by atoms with Crippen LogP contribution in [-0.2, 0) is 14.4 Å². The number of hydrogen-bond acceptors (Lipinski definition) is 3. The van der Waals surface area contributed by atoms with Crippen LogP contribution in [0.4, 0.5) is 0 Å². The van der Waals surface area contributed by atoms with Crippen molar-refractivity contribution in [3.63, 3.8) is 0 Å². The van der Waals surface area contributed by atoms with Crippen LogP contribution in [-0.4, -0.2) is 47.4 Å². The minimum absolute atomic E-state index is 0.0670. The lowest BCUT2D eigenvalue weighted by molar-refractivity contribution is -0.153. The lowest BCUT2D eigenvalue weighted by Gasteiger charge is -2.36. The van der Waals surface area contributed by atoms with Crippen LogP contribution in [0, 0.1) is 11.3 Å². The molecule has 1 saturated heterocycles. The predicted octanol–water partition coefficient (Wildman–Crippen LogP) is -0.308. The first-order chi connectivity index (χ1) is 7.71. The van der Waals surface area contributed by atoms with E-state index < -0.39 is 17.3 Å². The Morgan fingerprint density at radius 1 is 1.29 bits per heavy atom. The summed E-state index contributed by atoms with van der Waals surface area (Å²) in [4.78, 5) is 35.0. The second kappa shape index (κ2) is 4.73. The zero-order valence-electron chi connectivity index (χ0n) is 10.3. The van der Waals surface area contributed by atoms with E-state index in [2.05, 4.69) is 5.32 Å². The minimum atomic E-state index is -0.882. The highest BCUT2D eigenvalue weighted by molar-refractivity contribution is 5.88. The van der Waals surface area contributed by atoms with Gasteiger partial charge in [-0.05, 0) is 0 Å². The summed E-state index contributed by atoms with van der Waals surface area (Å²) in [6.07, 6.45) is 0. The van der Waals surface area contributed by atoms with Crippen molar-refractivity contribution in [3.05, 3.63) is 0 Å². The molecule has 2 N–H and O–H groups in total. The number of hydrogen-bond donors (Lipinski definition) is 2. The van der Waals surface area contributed by atoms with E-state index in [1.165, 1.54) is 4.90 Å². The van der Waals surface area contributed by atoms with E-state index in [0.717, 1.165) is 0 Å². The Labute approximate surface area is 100.0 Å². The zero-order valence-corrected chi connectivity index (χ0v) is 10.3. The molecule has 1 fully saturated rings. The average Bonchev–Trinajstić information content (AvgIpc) is 2.09. The maximum Gasteiger partial charge on any atom is 0.310 e. The summed E-state index contributed by atoms with van der Waals surface area (Å²) in [6, 6.07) is 0. The number of aliphatic carboxylic acids is 1. The van der Waals surface area contributed by atoms with Gasteiger partial charge in [-0.1, -0.05) is 20.8 Å². The zero-order chi connectivity index (χ0) is 13.2. The van der Waals surface area contributed by atoms with Crippen molar-refractivity contribution < 1.29 is 19.5 Å². The van der Waals surface area contributed by atoms with Crippen molar-refractivity contribution in [2.24, 2.45) is 11.3 Å². The van der Waals surface area contributed by atoms with Gasteiger partial charge in [-0.25, -0.2) is 0 Å². The molecule has 0 bridgehead atoms. The summed E-state index contributed by atoms with van der Waals surface area (Å²) in [7, 11) is 0. The third kappa shape index (κ3) is 3.44. The monoisotopic (exact) mass is 242 g/mol. The Hall–Kier alpha value is -1.59. The van der Waals surface area contributed by atoms with Crippen LogP contribution in [0.15, 0.2) is 0 Å². The van der Waals surface area contributed by atoms with Crippen molar-refractivity contribution in [3.8, 4) is 0 Å². The first-order valence-corrected chi connectivity index (χ1v) is 5.50. The largest absolute Gasteiger partial charge is 0.481 e. The van der Waals surface area contributed by atoms with Gasteiger partial charge in [-0.15, -0.1) is 0 Å². The summed E-state index contributed by atoms with van der Waals surface area (Å²) in [5.41, 5.74) is -0.529. The van der Waals surface area contributed by atoms with E-state index in [4.69, 9.17) is 5.11 Å². The lowest BCUT2D eigenvalue weighted by Crippen LogP contribution is -2.55. The van der Waals surface area contributed by atoms with Gasteiger partial charge in [0.15, 0.2) is 0 Å². The van der Waals surface area contributed by atoms with Crippen molar-refractivity contribution in [1.29, 1.82) is 0 Å². The minimum Gasteiger partial charge on any atom is -0.481 e. The molecule has 1 heterocycles. The molecule has 2 amide bonds. The van der Waals surface area contributed by atoms with E-state index >= 15 is 0 Å². The summed E-state index contributed by atoms with van der Waals surface area (Å²) < 4.78 is 0. The molecular formula is C11H18N2O4. The molecule has 6 heteroatoms. The molecule has 0 aromatic heterocycles. The molecule has 0 radical (unpaired) electrons. The van der Waals surface area contributed by atoms with Crippen LogP contribution in [0.2, 0.25) is 0 Å². The fourth-order valence-electron chi connectivity index (χ4n) is 1.37. The van der Waals surface area contributed by atoms with Crippen LogP contribution >= 0.6 is 0 Å². The van der Waals surface area contributed by atoms with Gasteiger partial charge in [-0.2, -0.15) is 0 Å². The smallest absolute Gasteiger partial charge is 0.310 e. The number of carbonyl (C=O) groups is 3. The fraction of sp³-hybridized carbons (Fsp3) is 0.727. The molecule has 0 aromatic carbocycles. The molecule has 96 valence electrons. The van der Waals surface area contributed by atoms with Gasteiger partial charge in [0.2, 0.25) is 11.8 Å². The lowest BCUT2D eigenvalue weighted by atomic mass is 9.95.